The first kappa shape index (κ1) is 12.4. The van der Waals surface area contributed by atoms with E-state index in [1.54, 1.807) is 7.11 Å². The maximum Gasteiger partial charge on any atom is 0.298 e. The van der Waals surface area contributed by atoms with Gasteiger partial charge in [0, 0.05) is 25.6 Å². The van der Waals surface area contributed by atoms with Crippen LogP contribution in [0, 0.1) is 29.1 Å². The topological polar surface area (TPSA) is 29.5 Å². The van der Waals surface area contributed by atoms with E-state index in [4.69, 9.17) is 4.74 Å². The first-order chi connectivity index (χ1) is 8.06. The van der Waals surface area contributed by atoms with Gasteiger partial charge in [0.15, 0.2) is 0 Å². The first-order valence-electron chi connectivity index (χ1n) is 6.33. The van der Waals surface area contributed by atoms with Crippen molar-refractivity contribution in [3.8, 4) is 11.8 Å². The van der Waals surface area contributed by atoms with Crippen molar-refractivity contribution in [1.82, 2.24) is 4.90 Å². The van der Waals surface area contributed by atoms with Crippen molar-refractivity contribution in [2.75, 3.05) is 26.8 Å². The number of hydrogen-bond donors (Lipinski definition) is 0. The van der Waals surface area contributed by atoms with Crippen molar-refractivity contribution in [3.63, 3.8) is 0 Å². The Morgan fingerprint density at radius 2 is 2.12 bits per heavy atom. The van der Waals surface area contributed by atoms with Crippen LogP contribution in [0.5, 0.6) is 0 Å². The number of ether oxygens (including phenoxy) is 1. The smallest absolute Gasteiger partial charge is 0.298 e. The molecule has 94 valence electrons. The van der Waals surface area contributed by atoms with Gasteiger partial charge in [-0.3, -0.25) is 4.79 Å². The Kier molecular flexibility index (Phi) is 3.44. The van der Waals surface area contributed by atoms with Crippen molar-refractivity contribution in [1.29, 1.82) is 0 Å². The number of carbonyl (C=O) groups is 1. The molecule has 1 spiro atoms. The molecule has 3 nitrogen and oxygen atoms in total. The highest BCUT2D eigenvalue weighted by molar-refractivity contribution is 5.94. The third-order valence-electron chi connectivity index (χ3n) is 4.08. The molecule has 0 unspecified atom stereocenters. The normalized spacial score (nSPS) is 21.8. The average molecular weight is 235 g/mol. The second-order valence-electron chi connectivity index (χ2n) is 5.81. The van der Waals surface area contributed by atoms with E-state index in [1.165, 1.54) is 12.8 Å². The Bertz CT molecular complexity index is 350. The van der Waals surface area contributed by atoms with Crippen LogP contribution in [-0.4, -0.2) is 37.6 Å². The molecule has 0 aromatic heterocycles. The minimum Gasteiger partial charge on any atom is -0.372 e. The highest BCUT2D eigenvalue weighted by Crippen LogP contribution is 2.54. The van der Waals surface area contributed by atoms with E-state index in [9.17, 15) is 4.79 Å². The Hall–Kier alpha value is -1.01. The van der Waals surface area contributed by atoms with Gasteiger partial charge in [0.05, 0.1) is 0 Å². The summed E-state index contributed by atoms with van der Waals surface area (Å²) in [7, 11) is 1.58. The molecular formula is C14H21NO2. The molecule has 0 aromatic carbocycles. The van der Waals surface area contributed by atoms with Gasteiger partial charge in [-0.25, -0.2) is 0 Å². The summed E-state index contributed by atoms with van der Waals surface area (Å²) in [5.74, 6) is 6.94. The van der Waals surface area contributed by atoms with Gasteiger partial charge in [-0.05, 0) is 30.6 Å². The van der Waals surface area contributed by atoms with Gasteiger partial charge in [-0.15, -0.1) is 0 Å². The fraction of sp³-hybridized carbons (Fsp3) is 0.786. The van der Waals surface area contributed by atoms with Gasteiger partial charge in [-0.2, -0.15) is 0 Å². The van der Waals surface area contributed by atoms with E-state index in [1.807, 2.05) is 4.90 Å². The highest BCUT2D eigenvalue weighted by atomic mass is 16.5. The van der Waals surface area contributed by atoms with E-state index in [-0.39, 0.29) is 5.91 Å². The summed E-state index contributed by atoms with van der Waals surface area (Å²) in [4.78, 5) is 13.5. The van der Waals surface area contributed by atoms with Crippen molar-refractivity contribution in [2.24, 2.45) is 17.3 Å². The maximum absolute atomic E-state index is 11.6. The molecule has 1 saturated carbocycles. The van der Waals surface area contributed by atoms with Crippen LogP contribution in [0.1, 0.15) is 26.7 Å². The number of carbonyl (C=O) groups excluding carboxylic acids is 1. The predicted octanol–water partition coefficient (Wildman–Crippen LogP) is 1.53. The molecule has 0 atom stereocenters. The van der Waals surface area contributed by atoms with Gasteiger partial charge in [0.1, 0.15) is 6.61 Å². The van der Waals surface area contributed by atoms with Crippen LogP contribution >= 0.6 is 0 Å². The van der Waals surface area contributed by atoms with Crippen LogP contribution in [0.4, 0.5) is 0 Å². The minimum absolute atomic E-state index is 0.0410. The van der Waals surface area contributed by atoms with Gasteiger partial charge >= 0.3 is 0 Å². The maximum atomic E-state index is 11.6. The molecule has 0 bridgehead atoms. The quantitative estimate of drug-likeness (QED) is 0.679. The number of rotatable bonds is 2. The Balaban J connectivity index is 1.73. The molecule has 1 saturated heterocycles. The Morgan fingerprint density at radius 1 is 1.47 bits per heavy atom. The zero-order valence-corrected chi connectivity index (χ0v) is 11.0. The number of methoxy groups -OCH3 is 1. The standard InChI is InChI=1S/C14H21NO2/c1-11(2)12-7-14(8-12)9-15(10-14)13(16)5-4-6-17-3/h11-12H,6-10H2,1-3H3. The molecule has 1 aliphatic carbocycles. The molecule has 0 N–H and O–H groups in total. The fourth-order valence-electron chi connectivity index (χ4n) is 2.95. The summed E-state index contributed by atoms with van der Waals surface area (Å²) in [6.45, 7) is 6.73. The third kappa shape index (κ3) is 2.47. The number of likely N-dealkylation sites (tertiary alicyclic amines) is 1. The third-order valence-corrected chi connectivity index (χ3v) is 4.08. The van der Waals surface area contributed by atoms with Crippen LogP contribution in [0.2, 0.25) is 0 Å². The molecular weight excluding hydrogens is 214 g/mol. The number of nitrogens with zero attached hydrogens (tertiary/aromatic N) is 1. The molecule has 0 radical (unpaired) electrons. The fourth-order valence-corrected chi connectivity index (χ4v) is 2.95. The lowest BCUT2D eigenvalue weighted by molar-refractivity contribution is -0.151. The number of hydrogen-bond acceptors (Lipinski definition) is 2. The number of amides is 1. The molecule has 17 heavy (non-hydrogen) atoms. The van der Waals surface area contributed by atoms with Crippen LogP contribution in [0.15, 0.2) is 0 Å². The summed E-state index contributed by atoms with van der Waals surface area (Å²) in [5.41, 5.74) is 0.452. The van der Waals surface area contributed by atoms with E-state index in [2.05, 4.69) is 25.7 Å². The van der Waals surface area contributed by atoms with Gasteiger partial charge in [-0.1, -0.05) is 19.8 Å². The molecule has 2 aliphatic rings. The molecule has 3 heteroatoms. The van der Waals surface area contributed by atoms with Crippen molar-refractivity contribution in [2.45, 2.75) is 26.7 Å². The molecule has 1 amide bonds. The Labute approximate surface area is 104 Å². The van der Waals surface area contributed by atoms with E-state index < -0.39 is 0 Å². The molecule has 1 aliphatic heterocycles. The highest BCUT2D eigenvalue weighted by Gasteiger charge is 2.53. The van der Waals surface area contributed by atoms with Gasteiger partial charge in [0.25, 0.3) is 5.91 Å². The van der Waals surface area contributed by atoms with Gasteiger partial charge in [0.2, 0.25) is 0 Å². The zero-order valence-electron chi connectivity index (χ0n) is 11.0. The monoisotopic (exact) mass is 235 g/mol. The Morgan fingerprint density at radius 3 is 2.65 bits per heavy atom. The van der Waals surface area contributed by atoms with Crippen molar-refractivity contribution in [3.05, 3.63) is 0 Å². The van der Waals surface area contributed by atoms with Crippen LogP contribution in [-0.2, 0) is 9.53 Å². The van der Waals surface area contributed by atoms with Crippen LogP contribution in [0.25, 0.3) is 0 Å². The predicted molar refractivity (Wildman–Crippen MR) is 66.2 cm³/mol. The van der Waals surface area contributed by atoms with Crippen LogP contribution in [0.3, 0.4) is 0 Å². The van der Waals surface area contributed by atoms with E-state index in [0.29, 0.717) is 12.0 Å². The average Bonchev–Trinajstić information content (AvgIpc) is 2.13. The summed E-state index contributed by atoms with van der Waals surface area (Å²) in [6.07, 6.45) is 2.58. The second kappa shape index (κ2) is 4.70. The zero-order chi connectivity index (χ0) is 12.5. The SMILES string of the molecule is COCC#CC(=O)N1CC2(CC(C(C)C)C2)C1. The second-order valence-corrected chi connectivity index (χ2v) is 5.81. The lowest BCUT2D eigenvalue weighted by Gasteiger charge is -2.59. The first-order valence-corrected chi connectivity index (χ1v) is 6.33. The van der Waals surface area contributed by atoms with Crippen LogP contribution < -0.4 is 0 Å². The molecule has 1 heterocycles. The summed E-state index contributed by atoms with van der Waals surface area (Å²) in [6, 6.07) is 0. The van der Waals surface area contributed by atoms with Crippen molar-refractivity contribution >= 4 is 5.91 Å². The molecule has 2 fully saturated rings. The van der Waals surface area contributed by atoms with E-state index in [0.717, 1.165) is 24.9 Å². The lowest BCUT2D eigenvalue weighted by atomic mass is 9.55. The lowest BCUT2D eigenvalue weighted by Crippen LogP contribution is -2.64. The largest absolute Gasteiger partial charge is 0.372 e. The van der Waals surface area contributed by atoms with E-state index >= 15 is 0 Å². The summed E-state index contributed by atoms with van der Waals surface area (Å²) >= 11 is 0. The minimum atomic E-state index is -0.0410. The summed E-state index contributed by atoms with van der Waals surface area (Å²) in [5, 5.41) is 0. The summed E-state index contributed by atoms with van der Waals surface area (Å²) < 4.78 is 4.79. The van der Waals surface area contributed by atoms with Gasteiger partial charge < -0.3 is 9.64 Å². The molecule has 2 rings (SSSR count). The molecule has 0 aromatic rings. The van der Waals surface area contributed by atoms with Crippen molar-refractivity contribution < 1.29 is 9.53 Å².